The van der Waals surface area contributed by atoms with E-state index in [1.807, 2.05) is 35.9 Å². The molecule has 0 spiro atoms. The molecule has 2 aromatic carbocycles. The minimum absolute atomic E-state index is 0.137. The van der Waals surface area contributed by atoms with Crippen LogP contribution in [-0.2, 0) is 13.6 Å². The number of para-hydroxylation sites is 2. The summed E-state index contributed by atoms with van der Waals surface area (Å²) in [6.07, 6.45) is 0. The molecule has 0 saturated carbocycles. The highest BCUT2D eigenvalue weighted by molar-refractivity contribution is 5.87. The van der Waals surface area contributed by atoms with E-state index < -0.39 is 5.63 Å². The first-order valence-corrected chi connectivity index (χ1v) is 9.46. The molecule has 0 aliphatic heterocycles. The Morgan fingerprint density at radius 2 is 1.89 bits per heavy atom. The van der Waals surface area contributed by atoms with Gasteiger partial charge < -0.3 is 14.1 Å². The van der Waals surface area contributed by atoms with Crippen molar-refractivity contribution >= 4 is 22.0 Å². The number of aromatic nitrogens is 2. The second-order valence-electron chi connectivity index (χ2n) is 6.87. The van der Waals surface area contributed by atoms with Gasteiger partial charge in [-0.1, -0.05) is 26.0 Å². The zero-order chi connectivity index (χ0) is 19.8. The van der Waals surface area contributed by atoms with Crippen LogP contribution in [0.25, 0.3) is 33.4 Å². The fourth-order valence-electron chi connectivity index (χ4n) is 3.60. The molecule has 2 heterocycles. The van der Waals surface area contributed by atoms with Gasteiger partial charge in [0.25, 0.3) is 0 Å². The number of phenols is 1. The third-order valence-corrected chi connectivity index (χ3v) is 5.28. The summed E-state index contributed by atoms with van der Waals surface area (Å²) >= 11 is 0. The maximum absolute atomic E-state index is 12.8. The molecule has 0 aliphatic rings. The van der Waals surface area contributed by atoms with Gasteiger partial charge in [0.1, 0.15) is 22.7 Å². The highest BCUT2D eigenvalue weighted by atomic mass is 16.4. The van der Waals surface area contributed by atoms with Gasteiger partial charge in [-0.25, -0.2) is 9.78 Å². The number of benzene rings is 2. The summed E-state index contributed by atoms with van der Waals surface area (Å²) in [6.45, 7) is 6.32. The van der Waals surface area contributed by atoms with Crippen molar-refractivity contribution in [3.63, 3.8) is 0 Å². The van der Waals surface area contributed by atoms with E-state index in [1.165, 1.54) is 0 Å². The molecule has 2 aromatic heterocycles. The Balaban J connectivity index is 1.91. The SMILES string of the molecule is CCN(CC)Cc1c(O)ccc2cc(-c3nc4ccccc4n3C)c(=O)oc12. The minimum atomic E-state index is -0.461. The van der Waals surface area contributed by atoms with E-state index in [9.17, 15) is 9.90 Å². The van der Waals surface area contributed by atoms with Crippen LogP contribution in [-0.4, -0.2) is 32.6 Å². The van der Waals surface area contributed by atoms with Crippen LogP contribution in [0.1, 0.15) is 19.4 Å². The van der Waals surface area contributed by atoms with Crippen molar-refractivity contribution in [1.29, 1.82) is 0 Å². The van der Waals surface area contributed by atoms with Gasteiger partial charge in [-0.2, -0.15) is 0 Å². The number of phenolic OH excluding ortho intramolecular Hbond substituents is 1. The first kappa shape index (κ1) is 18.3. The summed E-state index contributed by atoms with van der Waals surface area (Å²) in [4.78, 5) is 19.6. The van der Waals surface area contributed by atoms with E-state index in [-0.39, 0.29) is 5.75 Å². The Morgan fingerprint density at radius 3 is 2.61 bits per heavy atom. The number of fused-ring (bicyclic) bond motifs is 2. The largest absolute Gasteiger partial charge is 0.507 e. The molecule has 4 rings (SSSR count). The van der Waals surface area contributed by atoms with Crippen LogP contribution in [0.5, 0.6) is 5.75 Å². The van der Waals surface area contributed by atoms with E-state index in [2.05, 4.69) is 23.7 Å². The number of rotatable bonds is 5. The molecule has 0 saturated heterocycles. The lowest BCUT2D eigenvalue weighted by Gasteiger charge is -2.19. The lowest BCUT2D eigenvalue weighted by atomic mass is 10.1. The lowest BCUT2D eigenvalue weighted by Crippen LogP contribution is -2.22. The first-order chi connectivity index (χ1) is 13.5. The molecule has 144 valence electrons. The maximum Gasteiger partial charge on any atom is 0.347 e. The maximum atomic E-state index is 12.8. The fraction of sp³-hybridized carbons (Fsp3) is 0.273. The summed E-state index contributed by atoms with van der Waals surface area (Å²) in [7, 11) is 1.89. The van der Waals surface area contributed by atoms with Crippen LogP contribution < -0.4 is 5.63 Å². The predicted octanol–water partition coefficient (Wildman–Crippen LogP) is 3.89. The smallest absolute Gasteiger partial charge is 0.347 e. The quantitative estimate of drug-likeness (QED) is 0.534. The van der Waals surface area contributed by atoms with Gasteiger partial charge in [-0.05, 0) is 43.4 Å². The Labute approximate surface area is 162 Å². The summed E-state index contributed by atoms with van der Waals surface area (Å²) in [6, 6.07) is 13.0. The average Bonchev–Trinajstić information content (AvgIpc) is 3.04. The number of nitrogens with zero attached hydrogens (tertiary/aromatic N) is 3. The van der Waals surface area contributed by atoms with Gasteiger partial charge in [0.2, 0.25) is 0 Å². The number of aromatic hydroxyl groups is 1. The van der Waals surface area contributed by atoms with E-state index in [4.69, 9.17) is 4.42 Å². The monoisotopic (exact) mass is 377 g/mol. The van der Waals surface area contributed by atoms with Gasteiger partial charge in [0, 0.05) is 19.0 Å². The number of imidazole rings is 1. The molecule has 1 N–H and O–H groups in total. The van der Waals surface area contributed by atoms with Crippen LogP contribution in [0, 0.1) is 0 Å². The number of hydrogen-bond acceptors (Lipinski definition) is 5. The number of hydrogen-bond donors (Lipinski definition) is 1. The minimum Gasteiger partial charge on any atom is -0.507 e. The zero-order valence-electron chi connectivity index (χ0n) is 16.3. The third kappa shape index (κ3) is 2.96. The average molecular weight is 377 g/mol. The van der Waals surface area contributed by atoms with Gasteiger partial charge in [-0.15, -0.1) is 0 Å². The summed E-state index contributed by atoms with van der Waals surface area (Å²) < 4.78 is 7.60. The molecular weight excluding hydrogens is 354 g/mol. The van der Waals surface area contributed by atoms with Gasteiger partial charge in [0.15, 0.2) is 0 Å². The van der Waals surface area contributed by atoms with Gasteiger partial charge in [0.05, 0.1) is 16.6 Å². The Kier molecular flexibility index (Phi) is 4.65. The first-order valence-electron chi connectivity index (χ1n) is 9.46. The second kappa shape index (κ2) is 7.13. The standard InChI is InChI=1S/C22H23N3O3/c1-4-25(5-2)13-16-19(26)11-10-14-12-15(22(27)28-20(14)16)21-23-17-8-6-7-9-18(17)24(21)3/h6-12,26H,4-5,13H2,1-3H3. The van der Waals surface area contributed by atoms with E-state index >= 15 is 0 Å². The zero-order valence-corrected chi connectivity index (χ0v) is 16.3. The molecule has 0 bridgehead atoms. The molecule has 6 heteroatoms. The molecule has 4 aromatic rings. The van der Waals surface area contributed by atoms with Crippen molar-refractivity contribution in [2.75, 3.05) is 13.1 Å². The van der Waals surface area contributed by atoms with Crippen molar-refractivity contribution in [2.24, 2.45) is 7.05 Å². The van der Waals surface area contributed by atoms with Gasteiger partial charge in [-0.3, -0.25) is 4.90 Å². The molecule has 0 atom stereocenters. The van der Waals surface area contributed by atoms with Crippen LogP contribution in [0.4, 0.5) is 0 Å². The normalized spacial score (nSPS) is 11.7. The molecule has 0 fully saturated rings. The highest BCUT2D eigenvalue weighted by Crippen LogP contribution is 2.30. The van der Waals surface area contributed by atoms with Crippen molar-refractivity contribution in [2.45, 2.75) is 20.4 Å². The van der Waals surface area contributed by atoms with Crippen LogP contribution in [0.2, 0.25) is 0 Å². The summed E-state index contributed by atoms with van der Waals surface area (Å²) in [5.41, 5.74) is 2.79. The Hall–Kier alpha value is -3.12. The van der Waals surface area contributed by atoms with Crippen molar-refractivity contribution in [3.05, 3.63) is 58.4 Å². The van der Waals surface area contributed by atoms with Crippen LogP contribution >= 0.6 is 0 Å². The summed E-state index contributed by atoms with van der Waals surface area (Å²) in [5, 5.41) is 11.1. The van der Waals surface area contributed by atoms with E-state index in [1.54, 1.807) is 18.2 Å². The van der Waals surface area contributed by atoms with Crippen molar-refractivity contribution in [3.8, 4) is 17.1 Å². The number of aryl methyl sites for hydroxylation is 1. The Bertz CT molecular complexity index is 1220. The molecular formula is C22H23N3O3. The van der Waals surface area contributed by atoms with Crippen LogP contribution in [0.15, 0.2) is 51.7 Å². The second-order valence-corrected chi connectivity index (χ2v) is 6.87. The van der Waals surface area contributed by atoms with Crippen molar-refractivity contribution in [1.82, 2.24) is 14.5 Å². The lowest BCUT2D eigenvalue weighted by molar-refractivity contribution is 0.290. The van der Waals surface area contributed by atoms with Crippen molar-refractivity contribution < 1.29 is 9.52 Å². The molecule has 0 radical (unpaired) electrons. The topological polar surface area (TPSA) is 71.5 Å². The molecule has 6 nitrogen and oxygen atoms in total. The molecule has 28 heavy (non-hydrogen) atoms. The predicted molar refractivity (Wildman–Crippen MR) is 110 cm³/mol. The van der Waals surface area contributed by atoms with Crippen LogP contribution in [0.3, 0.4) is 0 Å². The van der Waals surface area contributed by atoms with E-state index in [0.29, 0.717) is 29.1 Å². The molecule has 0 unspecified atom stereocenters. The molecule has 0 aliphatic carbocycles. The highest BCUT2D eigenvalue weighted by Gasteiger charge is 2.18. The van der Waals surface area contributed by atoms with Gasteiger partial charge >= 0.3 is 5.63 Å². The fourth-order valence-corrected chi connectivity index (χ4v) is 3.60. The third-order valence-electron chi connectivity index (χ3n) is 5.28. The Morgan fingerprint density at radius 1 is 1.14 bits per heavy atom. The van der Waals surface area contributed by atoms with E-state index in [0.717, 1.165) is 29.5 Å². The molecule has 0 amide bonds. The summed E-state index contributed by atoms with van der Waals surface area (Å²) in [5.74, 6) is 0.702.